The highest BCUT2D eigenvalue weighted by atomic mass is 16.7. The van der Waals surface area contributed by atoms with E-state index in [9.17, 15) is 45.3 Å². The van der Waals surface area contributed by atoms with Gasteiger partial charge in [-0.2, -0.15) is 0 Å². The first-order chi connectivity index (χ1) is 33.0. The van der Waals surface area contributed by atoms with E-state index in [-0.39, 0.29) is 19.4 Å². The molecule has 2 saturated heterocycles. The molecule has 0 aromatic rings. The van der Waals surface area contributed by atoms with Crippen LogP contribution >= 0.6 is 0 Å². The van der Waals surface area contributed by atoms with E-state index in [1.54, 1.807) is 0 Å². The number of ether oxygens (including phenoxy) is 6. The first-order valence-electron chi connectivity index (χ1n) is 24.5. The Balaban J connectivity index is 1.88. The zero-order chi connectivity index (χ0) is 49.6. The quantitative estimate of drug-likeness (QED) is 0.0208. The van der Waals surface area contributed by atoms with E-state index < -0.39 is 99.3 Å². The second-order valence-electron chi connectivity index (χ2n) is 16.5. The molecule has 15 nitrogen and oxygen atoms in total. The molecule has 2 heterocycles. The minimum atomic E-state index is -1.79. The summed E-state index contributed by atoms with van der Waals surface area (Å²) in [7, 11) is 0. The molecule has 2 fully saturated rings. The van der Waals surface area contributed by atoms with Crippen LogP contribution in [-0.2, 0) is 38.0 Å². The van der Waals surface area contributed by atoms with Gasteiger partial charge in [0.25, 0.3) is 0 Å². The maximum Gasteiger partial charge on any atom is 0.306 e. The molecule has 15 heteroatoms. The molecule has 0 aromatic heterocycles. The van der Waals surface area contributed by atoms with Gasteiger partial charge in [0.15, 0.2) is 18.7 Å². The van der Waals surface area contributed by atoms with Gasteiger partial charge in [-0.25, -0.2) is 0 Å². The van der Waals surface area contributed by atoms with Crippen molar-refractivity contribution in [1.29, 1.82) is 0 Å². The first-order valence-corrected chi connectivity index (χ1v) is 24.5. The number of aliphatic hydroxyl groups is 7. The van der Waals surface area contributed by atoms with Gasteiger partial charge in [-0.1, -0.05) is 123 Å². The van der Waals surface area contributed by atoms with Crippen LogP contribution in [0.2, 0.25) is 0 Å². The number of hydrogen-bond donors (Lipinski definition) is 7. The lowest BCUT2D eigenvalue weighted by molar-refractivity contribution is -0.332. The molecule has 0 unspecified atom stereocenters. The Kier molecular flexibility index (Phi) is 34.5. The fraction of sp³-hybridized carbons (Fsp3) is 0.623. The van der Waals surface area contributed by atoms with Gasteiger partial charge in [-0.05, 0) is 89.9 Å². The Morgan fingerprint density at radius 1 is 0.471 bits per heavy atom. The normalized spacial score (nSPS) is 26.7. The lowest BCUT2D eigenvalue weighted by Crippen LogP contribution is -2.61. The van der Waals surface area contributed by atoms with Crippen molar-refractivity contribution in [2.24, 2.45) is 0 Å². The third-order valence-corrected chi connectivity index (χ3v) is 10.7. The molecule has 0 radical (unpaired) electrons. The van der Waals surface area contributed by atoms with Crippen molar-refractivity contribution in [2.45, 2.75) is 184 Å². The number of esters is 2. The van der Waals surface area contributed by atoms with Crippen LogP contribution in [0.4, 0.5) is 0 Å². The van der Waals surface area contributed by atoms with Gasteiger partial charge in [0, 0.05) is 12.8 Å². The number of carbonyl (C=O) groups is 2. The lowest BCUT2D eigenvalue weighted by Gasteiger charge is -2.42. The summed E-state index contributed by atoms with van der Waals surface area (Å²) in [5.41, 5.74) is 0. The van der Waals surface area contributed by atoms with E-state index in [1.165, 1.54) is 0 Å². The monoisotopic (exact) mass is 959 g/mol. The fourth-order valence-electron chi connectivity index (χ4n) is 6.77. The Labute approximate surface area is 404 Å². The van der Waals surface area contributed by atoms with Gasteiger partial charge in [0.05, 0.1) is 19.8 Å². The largest absolute Gasteiger partial charge is 0.462 e. The van der Waals surface area contributed by atoms with E-state index in [0.717, 1.165) is 70.6 Å². The molecule has 0 aliphatic carbocycles. The van der Waals surface area contributed by atoms with Crippen LogP contribution in [-0.4, -0.2) is 142 Å². The van der Waals surface area contributed by atoms with Gasteiger partial charge >= 0.3 is 11.9 Å². The number of allylic oxidation sites excluding steroid dienone is 18. The number of unbranched alkanes of at least 4 members (excludes halogenated alkanes) is 3. The SMILES string of the molecule is CC/C=C\C/C=C\C/C=C\C/C=C\C/C=C\CCCC(=O)O[C@@H](COC(=O)CCCC/C=C\C/C=C\C/C=C\C/C=C\CC)CO[C@@H]1O[C@H](CO[C@H]2O[C@H](CO)[C@H](O)[C@H](O)[C@H]2O)[C@H](O)[C@H](O)[C@H]1O. The maximum atomic E-state index is 13.0. The molecule has 2 aliphatic rings. The molecular formula is C53H82O15. The van der Waals surface area contributed by atoms with Crippen molar-refractivity contribution in [2.75, 3.05) is 26.4 Å². The topological polar surface area (TPSA) is 231 Å². The van der Waals surface area contributed by atoms with Crippen molar-refractivity contribution in [3.8, 4) is 0 Å². The summed E-state index contributed by atoms with van der Waals surface area (Å²) >= 11 is 0. The molecule has 68 heavy (non-hydrogen) atoms. The van der Waals surface area contributed by atoms with Crippen LogP contribution < -0.4 is 0 Å². The molecule has 0 bridgehead atoms. The molecular weight excluding hydrogens is 877 g/mol. The predicted octanol–water partition coefficient (Wildman–Crippen LogP) is 6.37. The van der Waals surface area contributed by atoms with E-state index in [0.29, 0.717) is 19.3 Å². The molecule has 2 rings (SSSR count). The zero-order valence-electron chi connectivity index (χ0n) is 40.3. The number of rotatable bonds is 35. The van der Waals surface area contributed by atoms with Crippen molar-refractivity contribution < 1.29 is 73.8 Å². The van der Waals surface area contributed by atoms with Crippen LogP contribution in [0.25, 0.3) is 0 Å². The number of carbonyl (C=O) groups excluding carboxylic acids is 2. The molecule has 11 atom stereocenters. The fourth-order valence-corrected chi connectivity index (χ4v) is 6.77. The predicted molar refractivity (Wildman–Crippen MR) is 261 cm³/mol. The Morgan fingerprint density at radius 2 is 0.882 bits per heavy atom. The highest BCUT2D eigenvalue weighted by Gasteiger charge is 2.47. The van der Waals surface area contributed by atoms with E-state index >= 15 is 0 Å². The Hall–Kier alpha value is -3.84. The summed E-state index contributed by atoms with van der Waals surface area (Å²) in [5.74, 6) is -1.06. The lowest BCUT2D eigenvalue weighted by atomic mass is 9.98. The van der Waals surface area contributed by atoms with Crippen molar-refractivity contribution in [3.05, 3.63) is 109 Å². The molecule has 7 N–H and O–H groups in total. The van der Waals surface area contributed by atoms with Crippen LogP contribution in [0.3, 0.4) is 0 Å². The zero-order valence-corrected chi connectivity index (χ0v) is 40.3. The van der Waals surface area contributed by atoms with Crippen molar-refractivity contribution >= 4 is 11.9 Å². The summed E-state index contributed by atoms with van der Waals surface area (Å²) in [5, 5.41) is 72.0. The molecule has 2 aliphatic heterocycles. The first kappa shape index (κ1) is 60.3. The molecule has 0 amide bonds. The minimum absolute atomic E-state index is 0.0703. The summed E-state index contributed by atoms with van der Waals surface area (Å²) in [6, 6.07) is 0. The van der Waals surface area contributed by atoms with Gasteiger partial charge in [0.2, 0.25) is 0 Å². The average Bonchev–Trinajstić information content (AvgIpc) is 3.33. The van der Waals surface area contributed by atoms with E-state index in [1.807, 2.05) is 12.2 Å². The average molecular weight is 959 g/mol. The van der Waals surface area contributed by atoms with Crippen LogP contribution in [0.15, 0.2) is 109 Å². The van der Waals surface area contributed by atoms with Crippen LogP contribution in [0.5, 0.6) is 0 Å². The van der Waals surface area contributed by atoms with Gasteiger partial charge < -0.3 is 64.2 Å². The van der Waals surface area contributed by atoms with Gasteiger partial charge in [-0.3, -0.25) is 9.59 Å². The van der Waals surface area contributed by atoms with Crippen molar-refractivity contribution in [1.82, 2.24) is 0 Å². The maximum absolute atomic E-state index is 13.0. The third kappa shape index (κ3) is 26.8. The smallest absolute Gasteiger partial charge is 0.306 e. The van der Waals surface area contributed by atoms with Crippen molar-refractivity contribution in [3.63, 3.8) is 0 Å². The summed E-state index contributed by atoms with van der Waals surface area (Å²) < 4.78 is 33.4. The molecule has 384 valence electrons. The molecule has 0 aromatic carbocycles. The highest BCUT2D eigenvalue weighted by molar-refractivity contribution is 5.70. The summed E-state index contributed by atoms with van der Waals surface area (Å²) in [6.07, 6.45) is 32.7. The van der Waals surface area contributed by atoms with E-state index in [2.05, 4.69) is 111 Å². The van der Waals surface area contributed by atoms with E-state index in [4.69, 9.17) is 28.4 Å². The van der Waals surface area contributed by atoms with Crippen LogP contribution in [0.1, 0.15) is 117 Å². The Morgan fingerprint density at radius 3 is 1.37 bits per heavy atom. The standard InChI is InChI=1S/C53H82O15/c1-3-5-7-9-11-13-15-17-19-20-22-24-26-28-30-32-34-36-45(56)66-41(38-63-44(55)35-33-31-29-27-25-23-21-18-16-14-12-10-8-6-4-2)39-64-52-51(62)49(60)47(58)43(68-52)40-65-53-50(61)48(59)46(57)42(37-54)67-53/h5-8,11-14,17-19,21-22,24-25,27-28,30,41-43,46-54,57-62H,3-4,9-10,15-16,20,23,26,29,31-40H2,1-2H3/b7-5-,8-6-,13-11-,14-12-,19-17-,21-18-,24-22-,27-25-,30-28-/t41-,42+,43+,46-,47-,48-,49-,50+,51+,52+,53-/m0/s1. The number of hydrogen-bond acceptors (Lipinski definition) is 15. The third-order valence-electron chi connectivity index (χ3n) is 10.7. The summed E-state index contributed by atoms with van der Waals surface area (Å²) in [6.45, 7) is 2.21. The summed E-state index contributed by atoms with van der Waals surface area (Å²) in [4.78, 5) is 25.7. The minimum Gasteiger partial charge on any atom is -0.462 e. The molecule has 0 saturated carbocycles. The second kappa shape index (κ2) is 38.9. The second-order valence-corrected chi connectivity index (χ2v) is 16.5. The van der Waals surface area contributed by atoms with Gasteiger partial charge in [-0.15, -0.1) is 0 Å². The van der Waals surface area contributed by atoms with Crippen LogP contribution in [0, 0.1) is 0 Å². The Bertz CT molecular complexity index is 1600. The van der Waals surface area contributed by atoms with Gasteiger partial charge in [0.1, 0.15) is 55.4 Å². The molecule has 0 spiro atoms. The number of aliphatic hydroxyl groups excluding tert-OH is 7. The highest BCUT2D eigenvalue weighted by Crippen LogP contribution is 2.26.